The largest absolute Gasteiger partial charge is 0.381 e. The van der Waals surface area contributed by atoms with E-state index in [-0.39, 0.29) is 23.7 Å². The lowest BCUT2D eigenvalue weighted by atomic mass is 9.71. The van der Waals surface area contributed by atoms with Crippen molar-refractivity contribution in [3.63, 3.8) is 0 Å². The summed E-state index contributed by atoms with van der Waals surface area (Å²) in [6, 6.07) is 0. The Kier molecular flexibility index (Phi) is 10.9. The summed E-state index contributed by atoms with van der Waals surface area (Å²) in [4.78, 5) is 12.1. The number of ether oxygens (including phenoxy) is 2. The molecule has 0 aromatic heterocycles. The highest BCUT2D eigenvalue weighted by Gasteiger charge is 2.32. The van der Waals surface area contributed by atoms with Gasteiger partial charge in [0.05, 0.1) is 0 Å². The zero-order valence-corrected chi connectivity index (χ0v) is 15.7. The summed E-state index contributed by atoms with van der Waals surface area (Å²) in [7, 11) is 0. The van der Waals surface area contributed by atoms with Crippen molar-refractivity contribution in [3.05, 3.63) is 0 Å². The predicted molar refractivity (Wildman–Crippen MR) is 98.4 cm³/mol. The molecule has 0 unspecified atom stereocenters. The molecule has 0 aromatic rings. The highest BCUT2D eigenvalue weighted by molar-refractivity contribution is 5.85. The Hall–Kier alpha value is -0.360. The number of amides is 1. The molecule has 6 heteroatoms. The number of rotatable bonds is 9. The van der Waals surface area contributed by atoms with Crippen molar-refractivity contribution in [1.82, 2.24) is 5.32 Å². The standard InChI is InChI=1S/C18H34N2O3.ClH/c19-15-18(7-2-1-3-8-18)13-17(21)20-9-4-10-23-14-16-5-11-22-12-6-16;/h16H,1-15,19H2,(H,20,21);1H. The summed E-state index contributed by atoms with van der Waals surface area (Å²) in [5, 5.41) is 3.03. The normalized spacial score (nSPS) is 21.0. The quantitative estimate of drug-likeness (QED) is 0.618. The van der Waals surface area contributed by atoms with E-state index in [2.05, 4.69) is 5.32 Å². The average molecular weight is 363 g/mol. The number of halogens is 1. The molecule has 2 aliphatic rings. The van der Waals surface area contributed by atoms with Crippen LogP contribution in [0.2, 0.25) is 0 Å². The second kappa shape index (κ2) is 12.1. The van der Waals surface area contributed by atoms with Gasteiger partial charge < -0.3 is 20.5 Å². The summed E-state index contributed by atoms with van der Waals surface area (Å²) in [6.45, 7) is 4.62. The topological polar surface area (TPSA) is 73.6 Å². The van der Waals surface area contributed by atoms with Crippen LogP contribution >= 0.6 is 12.4 Å². The Balaban J connectivity index is 0.00000288. The molecule has 3 N–H and O–H groups in total. The van der Waals surface area contributed by atoms with E-state index in [4.69, 9.17) is 15.2 Å². The molecule has 1 aliphatic carbocycles. The number of nitrogens with two attached hydrogens (primary N) is 1. The minimum atomic E-state index is 0. The van der Waals surface area contributed by atoms with Gasteiger partial charge in [-0.1, -0.05) is 19.3 Å². The fraction of sp³-hybridized carbons (Fsp3) is 0.944. The molecular weight excluding hydrogens is 328 g/mol. The van der Waals surface area contributed by atoms with E-state index < -0.39 is 0 Å². The monoisotopic (exact) mass is 362 g/mol. The van der Waals surface area contributed by atoms with E-state index in [0.29, 0.717) is 25.4 Å². The second-order valence-electron chi connectivity index (χ2n) is 7.28. The molecule has 2 fully saturated rings. The van der Waals surface area contributed by atoms with E-state index in [1.807, 2.05) is 0 Å². The SMILES string of the molecule is Cl.NCC1(CC(=O)NCCCOCC2CCOCC2)CCCCC1. The Morgan fingerprint density at radius 2 is 1.92 bits per heavy atom. The lowest BCUT2D eigenvalue weighted by molar-refractivity contribution is -0.123. The van der Waals surface area contributed by atoms with Gasteiger partial charge in [-0.15, -0.1) is 12.4 Å². The highest BCUT2D eigenvalue weighted by Crippen LogP contribution is 2.38. The van der Waals surface area contributed by atoms with Crippen molar-refractivity contribution >= 4 is 18.3 Å². The molecule has 1 saturated heterocycles. The van der Waals surface area contributed by atoms with Gasteiger partial charge in [-0.2, -0.15) is 0 Å². The van der Waals surface area contributed by atoms with Gasteiger partial charge >= 0.3 is 0 Å². The third kappa shape index (κ3) is 7.68. The van der Waals surface area contributed by atoms with Crippen LogP contribution in [0.15, 0.2) is 0 Å². The molecule has 0 spiro atoms. The molecule has 24 heavy (non-hydrogen) atoms. The maximum absolute atomic E-state index is 12.1. The number of hydrogen-bond acceptors (Lipinski definition) is 4. The van der Waals surface area contributed by atoms with Gasteiger partial charge in [-0.3, -0.25) is 4.79 Å². The maximum Gasteiger partial charge on any atom is 0.220 e. The maximum atomic E-state index is 12.1. The van der Waals surface area contributed by atoms with Crippen LogP contribution in [0.4, 0.5) is 0 Å². The van der Waals surface area contributed by atoms with E-state index in [0.717, 1.165) is 58.5 Å². The third-order valence-corrected chi connectivity index (χ3v) is 5.36. The van der Waals surface area contributed by atoms with E-state index in [1.165, 1.54) is 19.3 Å². The molecule has 0 aromatic carbocycles. The van der Waals surface area contributed by atoms with Crippen LogP contribution in [0.5, 0.6) is 0 Å². The van der Waals surface area contributed by atoms with Gasteiger partial charge in [0.2, 0.25) is 5.91 Å². The molecular formula is C18H35ClN2O3. The van der Waals surface area contributed by atoms with Gasteiger partial charge in [0.25, 0.3) is 0 Å². The highest BCUT2D eigenvalue weighted by atomic mass is 35.5. The minimum Gasteiger partial charge on any atom is -0.381 e. The van der Waals surface area contributed by atoms with E-state index >= 15 is 0 Å². The number of carbonyl (C=O) groups excluding carboxylic acids is 1. The molecule has 0 bridgehead atoms. The number of carbonyl (C=O) groups is 1. The predicted octanol–water partition coefficient (Wildman–Crippen LogP) is 2.66. The molecule has 0 radical (unpaired) electrons. The summed E-state index contributed by atoms with van der Waals surface area (Å²) in [6.07, 6.45) is 9.60. The summed E-state index contributed by atoms with van der Waals surface area (Å²) in [5.74, 6) is 0.802. The third-order valence-electron chi connectivity index (χ3n) is 5.36. The van der Waals surface area contributed by atoms with Crippen molar-refractivity contribution < 1.29 is 14.3 Å². The zero-order chi connectivity index (χ0) is 16.4. The van der Waals surface area contributed by atoms with E-state index in [1.54, 1.807) is 0 Å². The van der Waals surface area contributed by atoms with Crippen LogP contribution in [-0.4, -0.2) is 45.4 Å². The van der Waals surface area contributed by atoms with Gasteiger partial charge in [0.15, 0.2) is 0 Å². The molecule has 1 heterocycles. The first-order valence-corrected chi connectivity index (χ1v) is 9.36. The van der Waals surface area contributed by atoms with Gasteiger partial charge in [-0.05, 0) is 50.0 Å². The Bertz CT molecular complexity index is 343. The fourth-order valence-corrected chi connectivity index (χ4v) is 3.72. The first kappa shape index (κ1) is 21.7. The Morgan fingerprint density at radius 3 is 2.58 bits per heavy atom. The molecule has 5 nitrogen and oxygen atoms in total. The molecule has 1 amide bonds. The van der Waals surface area contributed by atoms with Crippen molar-refractivity contribution in [2.45, 2.75) is 57.8 Å². The Morgan fingerprint density at radius 1 is 1.21 bits per heavy atom. The summed E-state index contributed by atoms with van der Waals surface area (Å²) >= 11 is 0. The molecule has 1 saturated carbocycles. The van der Waals surface area contributed by atoms with Crippen LogP contribution < -0.4 is 11.1 Å². The van der Waals surface area contributed by atoms with Crippen molar-refractivity contribution in [1.29, 1.82) is 0 Å². The van der Waals surface area contributed by atoms with Crippen LogP contribution in [0.25, 0.3) is 0 Å². The van der Waals surface area contributed by atoms with Crippen molar-refractivity contribution in [2.75, 3.05) is 39.5 Å². The van der Waals surface area contributed by atoms with Crippen LogP contribution in [0, 0.1) is 11.3 Å². The summed E-state index contributed by atoms with van der Waals surface area (Å²) in [5.41, 5.74) is 6.00. The van der Waals surface area contributed by atoms with Crippen molar-refractivity contribution in [2.24, 2.45) is 17.1 Å². The molecule has 2 rings (SSSR count). The fourth-order valence-electron chi connectivity index (χ4n) is 3.72. The number of hydrogen-bond donors (Lipinski definition) is 2. The first-order chi connectivity index (χ1) is 11.2. The van der Waals surface area contributed by atoms with Gasteiger partial charge in [0.1, 0.15) is 0 Å². The summed E-state index contributed by atoms with van der Waals surface area (Å²) < 4.78 is 11.1. The van der Waals surface area contributed by atoms with Crippen LogP contribution in [0.3, 0.4) is 0 Å². The first-order valence-electron chi connectivity index (χ1n) is 9.36. The van der Waals surface area contributed by atoms with Crippen LogP contribution in [0.1, 0.15) is 57.8 Å². The second-order valence-corrected chi connectivity index (χ2v) is 7.28. The van der Waals surface area contributed by atoms with Crippen LogP contribution in [-0.2, 0) is 14.3 Å². The lowest BCUT2D eigenvalue weighted by Crippen LogP contribution is -2.39. The Labute approximate surface area is 152 Å². The minimum absolute atomic E-state index is 0. The average Bonchev–Trinajstić information content (AvgIpc) is 2.59. The molecule has 0 atom stereocenters. The van der Waals surface area contributed by atoms with E-state index in [9.17, 15) is 4.79 Å². The van der Waals surface area contributed by atoms with Crippen molar-refractivity contribution in [3.8, 4) is 0 Å². The molecule has 142 valence electrons. The van der Waals surface area contributed by atoms with Gasteiger partial charge in [0, 0.05) is 39.4 Å². The smallest absolute Gasteiger partial charge is 0.220 e. The zero-order valence-electron chi connectivity index (χ0n) is 14.9. The number of nitrogens with one attached hydrogen (secondary N) is 1. The molecule has 1 aliphatic heterocycles. The lowest BCUT2D eigenvalue weighted by Gasteiger charge is -2.35. The van der Waals surface area contributed by atoms with Gasteiger partial charge in [-0.25, -0.2) is 0 Å².